The van der Waals surface area contributed by atoms with Gasteiger partial charge in [-0.2, -0.15) is 0 Å². The van der Waals surface area contributed by atoms with E-state index in [0.717, 1.165) is 93.8 Å². The standard InChI is InChI=1S/C72H46N2O2/c1-67-49-23-9-13-27-53(49)71(67)55-29-15-11-25-51(55)69(71,3)65(75)47-37-61-43(35-57(47)67)45-33-39(41-22-18-32-60-63(41)42-21-8-17-31-59(42)73(60)40-19-6-5-7-20-40)34-46-44-36-58-48(38-62(44)74(61)64(45)46)66(76)70(4)52-26-12-16-30-56(52)72(70)54-28-14-10-24-50(54)68(58,72)2/h5-38H,1-4H3. The van der Waals surface area contributed by atoms with E-state index in [9.17, 15) is 0 Å². The lowest BCUT2D eigenvalue weighted by atomic mass is 9.25. The quantitative estimate of drug-likeness (QED) is 0.173. The fraction of sp³-hybridized carbons (Fsp3) is 0.139. The van der Waals surface area contributed by atoms with E-state index in [1.54, 1.807) is 0 Å². The molecule has 0 fully saturated rings. The van der Waals surface area contributed by atoms with Gasteiger partial charge in [0.25, 0.3) is 0 Å². The highest BCUT2D eigenvalue weighted by molar-refractivity contribution is 6.28. The minimum atomic E-state index is -0.751. The van der Waals surface area contributed by atoms with E-state index in [-0.39, 0.29) is 11.6 Å². The molecule has 0 N–H and O–H groups in total. The van der Waals surface area contributed by atoms with Crippen LogP contribution in [0.15, 0.2) is 206 Å². The second-order valence-corrected chi connectivity index (χ2v) is 23.8. The van der Waals surface area contributed by atoms with Crippen molar-refractivity contribution in [3.63, 3.8) is 0 Å². The maximum Gasteiger partial charge on any atom is 0.174 e. The van der Waals surface area contributed by atoms with Gasteiger partial charge in [-0.3, -0.25) is 9.59 Å². The monoisotopic (exact) mass is 970 g/mol. The lowest BCUT2D eigenvalue weighted by Gasteiger charge is -2.74. The molecule has 10 aromatic carbocycles. The maximum absolute atomic E-state index is 16.0. The summed E-state index contributed by atoms with van der Waals surface area (Å²) in [4.78, 5) is 32.0. The number of carbonyl (C=O) groups excluding carboxylic acids is 2. The first kappa shape index (κ1) is 40.5. The van der Waals surface area contributed by atoms with Crippen molar-refractivity contribution in [1.29, 1.82) is 0 Å². The van der Waals surface area contributed by atoms with Gasteiger partial charge in [0.2, 0.25) is 0 Å². The summed E-state index contributed by atoms with van der Waals surface area (Å²) < 4.78 is 4.83. The summed E-state index contributed by atoms with van der Waals surface area (Å²) in [6.45, 7) is 9.27. The van der Waals surface area contributed by atoms with Crippen LogP contribution in [0.25, 0.3) is 76.7 Å². The van der Waals surface area contributed by atoms with E-state index >= 15 is 9.59 Å². The first-order valence-electron chi connectivity index (χ1n) is 27.0. The number of rotatable bonds is 2. The Bertz CT molecular complexity index is 4780. The largest absolute Gasteiger partial charge is 0.309 e. The number of hydrogen-bond donors (Lipinski definition) is 0. The lowest BCUT2D eigenvalue weighted by Crippen LogP contribution is -2.77. The Morgan fingerprint density at radius 2 is 0.737 bits per heavy atom. The molecule has 6 aliphatic carbocycles. The van der Waals surface area contributed by atoms with Gasteiger partial charge in [0, 0.05) is 60.0 Å². The van der Waals surface area contributed by atoms with Crippen molar-refractivity contribution >= 4 is 71.5 Å². The van der Waals surface area contributed by atoms with Crippen LogP contribution in [0.1, 0.15) is 104 Å². The average molecular weight is 971 g/mol. The summed E-state index contributed by atoms with van der Waals surface area (Å²) >= 11 is 0. The van der Waals surface area contributed by atoms with Crippen molar-refractivity contribution in [2.45, 2.75) is 60.2 Å². The molecule has 13 aromatic rings. The van der Waals surface area contributed by atoms with Gasteiger partial charge < -0.3 is 8.97 Å². The molecule has 0 radical (unpaired) electrons. The highest BCUT2D eigenvalue weighted by Crippen LogP contribution is 2.80. The molecule has 0 aliphatic heterocycles. The third-order valence-corrected chi connectivity index (χ3v) is 21.6. The maximum atomic E-state index is 16.0. The topological polar surface area (TPSA) is 43.5 Å². The Balaban J connectivity index is 0.961. The zero-order chi connectivity index (χ0) is 50.4. The zero-order valence-electron chi connectivity index (χ0n) is 42.3. The average Bonchev–Trinajstić information content (AvgIpc) is 3.39. The van der Waals surface area contributed by atoms with Crippen LogP contribution in [0, 0.1) is 0 Å². The molecule has 2 spiro atoms. The highest BCUT2D eigenvalue weighted by atomic mass is 16.1. The first-order valence-corrected chi connectivity index (χ1v) is 27.0. The van der Waals surface area contributed by atoms with Gasteiger partial charge in [-0.1, -0.05) is 159 Å². The summed E-state index contributed by atoms with van der Waals surface area (Å²) in [5.41, 5.74) is 19.2. The predicted octanol–water partition coefficient (Wildman–Crippen LogP) is 15.7. The molecule has 0 amide bonds. The van der Waals surface area contributed by atoms with Crippen LogP contribution in [0.2, 0.25) is 0 Å². The zero-order valence-corrected chi connectivity index (χ0v) is 42.3. The fourth-order valence-corrected chi connectivity index (χ4v) is 18.9. The van der Waals surface area contributed by atoms with Crippen LogP contribution in [-0.4, -0.2) is 20.5 Å². The Labute approximate surface area is 437 Å². The number of fused-ring (bicyclic) bond motifs is 21. The van der Waals surface area contributed by atoms with Gasteiger partial charge in [-0.25, -0.2) is 0 Å². The van der Waals surface area contributed by atoms with Crippen LogP contribution in [-0.2, 0) is 32.5 Å². The molecule has 6 atom stereocenters. The second-order valence-electron chi connectivity index (χ2n) is 23.8. The van der Waals surface area contributed by atoms with Gasteiger partial charge in [-0.15, -0.1) is 0 Å². The number of nitrogens with zero attached hydrogens (tertiary/aromatic N) is 2. The number of para-hydroxylation sites is 2. The van der Waals surface area contributed by atoms with Gasteiger partial charge in [0.15, 0.2) is 11.6 Å². The molecule has 0 bridgehead atoms. The molecule has 6 unspecified atom stereocenters. The van der Waals surface area contributed by atoms with Crippen LogP contribution >= 0.6 is 0 Å². The van der Waals surface area contributed by atoms with Gasteiger partial charge >= 0.3 is 0 Å². The molecule has 76 heavy (non-hydrogen) atoms. The van der Waals surface area contributed by atoms with Crippen LogP contribution < -0.4 is 0 Å². The number of ketones is 2. The minimum Gasteiger partial charge on any atom is -0.309 e. The summed E-state index contributed by atoms with van der Waals surface area (Å²) in [7, 11) is 0. The SMILES string of the molecule is CC12C(=O)c3cc4c(cc3C3(C)c5ccccc5C13c1ccccc12)c1cc(-c2cccc3c2c2ccccc2n3-c2ccccc2)cc2c3cc5c(cc3n4c12)C(=O)C1(C)c2ccccc2C12c1ccccc1C52C. The molecular formula is C72H46N2O2. The summed E-state index contributed by atoms with van der Waals surface area (Å²) in [6.07, 6.45) is 0. The molecule has 0 saturated carbocycles. The van der Waals surface area contributed by atoms with Crippen molar-refractivity contribution in [1.82, 2.24) is 8.97 Å². The smallest absolute Gasteiger partial charge is 0.174 e. The molecule has 6 aliphatic rings. The van der Waals surface area contributed by atoms with Gasteiger partial charge in [0.05, 0.1) is 49.2 Å². The number of Topliss-reactive ketones (excluding diaryl/α,β-unsaturated/α-hetero) is 2. The van der Waals surface area contributed by atoms with E-state index < -0.39 is 32.5 Å². The molecule has 3 heterocycles. The third kappa shape index (κ3) is 3.62. The second kappa shape index (κ2) is 12.3. The number of hydrogen-bond acceptors (Lipinski definition) is 2. The number of carbonyl (C=O) groups is 2. The number of aromatic nitrogens is 2. The van der Waals surface area contributed by atoms with E-state index in [1.165, 1.54) is 49.7 Å². The first-order chi connectivity index (χ1) is 37.1. The van der Waals surface area contributed by atoms with E-state index in [1.807, 2.05) is 0 Å². The Kier molecular flexibility index (Phi) is 6.55. The molecule has 4 nitrogen and oxygen atoms in total. The molecular weight excluding hydrogens is 925 g/mol. The summed E-state index contributed by atoms with van der Waals surface area (Å²) in [5.74, 6) is 0.359. The lowest BCUT2D eigenvalue weighted by molar-refractivity contribution is 0.0523. The predicted molar refractivity (Wildman–Crippen MR) is 304 cm³/mol. The van der Waals surface area contributed by atoms with Crippen molar-refractivity contribution in [2.75, 3.05) is 0 Å². The van der Waals surface area contributed by atoms with Crippen LogP contribution in [0.4, 0.5) is 0 Å². The number of benzene rings is 10. The van der Waals surface area contributed by atoms with E-state index in [4.69, 9.17) is 0 Å². The molecule has 4 heteroatoms. The molecule has 356 valence electrons. The Hall–Kier alpha value is -8.86. The minimum absolute atomic E-state index is 0.179. The molecule has 3 aromatic heterocycles. The highest BCUT2D eigenvalue weighted by Gasteiger charge is 2.81. The van der Waals surface area contributed by atoms with Crippen molar-refractivity contribution in [3.8, 4) is 16.8 Å². The molecule has 0 saturated heterocycles. The van der Waals surface area contributed by atoms with Crippen LogP contribution in [0.3, 0.4) is 0 Å². The van der Waals surface area contributed by atoms with Crippen LogP contribution in [0.5, 0.6) is 0 Å². The normalized spacial score (nSPS) is 26.5. The third-order valence-electron chi connectivity index (χ3n) is 21.6. The fourth-order valence-electron chi connectivity index (χ4n) is 18.9. The Morgan fingerprint density at radius 1 is 0.316 bits per heavy atom. The van der Waals surface area contributed by atoms with Crippen molar-refractivity contribution < 1.29 is 9.59 Å². The van der Waals surface area contributed by atoms with E-state index in [0.29, 0.717) is 0 Å². The van der Waals surface area contributed by atoms with E-state index in [2.05, 4.69) is 243 Å². The van der Waals surface area contributed by atoms with Gasteiger partial charge in [-0.05, 0) is 141 Å². The Morgan fingerprint density at radius 3 is 1.24 bits per heavy atom. The van der Waals surface area contributed by atoms with Crippen molar-refractivity contribution in [3.05, 3.63) is 273 Å². The summed E-state index contributed by atoms with van der Waals surface area (Å²) in [6, 6.07) is 75.6. The molecule has 19 rings (SSSR count). The van der Waals surface area contributed by atoms with Crippen molar-refractivity contribution in [2.24, 2.45) is 0 Å². The summed E-state index contributed by atoms with van der Waals surface area (Å²) in [5, 5.41) is 6.94. The van der Waals surface area contributed by atoms with Gasteiger partial charge in [0.1, 0.15) is 0 Å².